The number of rotatable bonds is 6. The van der Waals surface area contributed by atoms with Crippen LogP contribution in [0.3, 0.4) is 0 Å². The number of likely N-dealkylation sites (tertiary alicyclic amines) is 1. The fourth-order valence-electron chi connectivity index (χ4n) is 3.35. The van der Waals surface area contributed by atoms with Crippen LogP contribution in [0.4, 0.5) is 4.79 Å². The zero-order chi connectivity index (χ0) is 19.9. The van der Waals surface area contributed by atoms with Gasteiger partial charge in [-0.15, -0.1) is 0 Å². The molecule has 28 heavy (non-hydrogen) atoms. The van der Waals surface area contributed by atoms with Gasteiger partial charge in [0.05, 0.1) is 13.7 Å². The second-order valence-corrected chi connectivity index (χ2v) is 7.05. The standard InChI is InChI=1S/C21H28N4O3/c1-15-13-20(24-16(2)23-15)28-19-5-4-12-25(14-19)21(26)22-11-10-17-6-8-18(27-3)9-7-17/h6-9,13,19H,4-5,10-12,14H2,1-3H3,(H,22,26). The van der Waals surface area contributed by atoms with E-state index in [2.05, 4.69) is 15.3 Å². The van der Waals surface area contributed by atoms with Gasteiger partial charge < -0.3 is 19.7 Å². The van der Waals surface area contributed by atoms with E-state index >= 15 is 0 Å². The molecule has 2 heterocycles. The normalized spacial score (nSPS) is 16.5. The fraction of sp³-hybridized carbons (Fsp3) is 0.476. The van der Waals surface area contributed by atoms with E-state index < -0.39 is 0 Å². The molecule has 1 aromatic heterocycles. The molecule has 0 bridgehead atoms. The molecule has 1 saturated heterocycles. The topological polar surface area (TPSA) is 76.6 Å². The summed E-state index contributed by atoms with van der Waals surface area (Å²) in [7, 11) is 1.65. The molecule has 1 N–H and O–H groups in total. The summed E-state index contributed by atoms with van der Waals surface area (Å²) in [6.45, 7) is 5.68. The molecular weight excluding hydrogens is 356 g/mol. The van der Waals surface area contributed by atoms with Crippen LogP contribution in [0.1, 0.15) is 29.9 Å². The molecule has 0 spiro atoms. The number of carbonyl (C=O) groups is 1. The van der Waals surface area contributed by atoms with Crippen molar-refractivity contribution in [3.8, 4) is 11.6 Å². The van der Waals surface area contributed by atoms with Gasteiger partial charge in [-0.25, -0.2) is 9.78 Å². The first kappa shape index (κ1) is 19.9. The Hall–Kier alpha value is -2.83. The molecule has 7 heteroatoms. The molecule has 1 aliphatic rings. The van der Waals surface area contributed by atoms with Gasteiger partial charge in [-0.3, -0.25) is 0 Å². The highest BCUT2D eigenvalue weighted by atomic mass is 16.5. The van der Waals surface area contributed by atoms with Crippen LogP contribution in [-0.4, -0.2) is 53.7 Å². The molecule has 1 aromatic carbocycles. The summed E-state index contributed by atoms with van der Waals surface area (Å²) < 4.78 is 11.2. The number of ether oxygens (including phenoxy) is 2. The molecule has 1 atom stereocenters. The second-order valence-electron chi connectivity index (χ2n) is 7.05. The Balaban J connectivity index is 1.46. The van der Waals surface area contributed by atoms with Gasteiger partial charge in [0.2, 0.25) is 5.88 Å². The molecule has 2 amide bonds. The van der Waals surface area contributed by atoms with Crippen LogP contribution in [-0.2, 0) is 6.42 Å². The van der Waals surface area contributed by atoms with Crippen LogP contribution in [0, 0.1) is 13.8 Å². The number of aryl methyl sites for hydroxylation is 2. The van der Waals surface area contributed by atoms with Crippen LogP contribution in [0.25, 0.3) is 0 Å². The van der Waals surface area contributed by atoms with E-state index in [4.69, 9.17) is 9.47 Å². The molecule has 1 unspecified atom stereocenters. The SMILES string of the molecule is COc1ccc(CCNC(=O)N2CCCC(Oc3cc(C)nc(C)n3)C2)cc1. The molecular formula is C21H28N4O3. The van der Waals surface area contributed by atoms with E-state index in [0.29, 0.717) is 24.8 Å². The fourth-order valence-corrected chi connectivity index (χ4v) is 3.35. The third-order valence-corrected chi connectivity index (χ3v) is 4.74. The number of benzene rings is 1. The van der Waals surface area contributed by atoms with E-state index in [1.54, 1.807) is 7.11 Å². The van der Waals surface area contributed by atoms with Gasteiger partial charge >= 0.3 is 6.03 Å². The molecule has 0 radical (unpaired) electrons. The lowest BCUT2D eigenvalue weighted by Crippen LogP contribution is -2.49. The zero-order valence-corrected chi connectivity index (χ0v) is 16.8. The summed E-state index contributed by atoms with van der Waals surface area (Å²) in [4.78, 5) is 22.9. The number of nitrogens with zero attached hydrogens (tertiary/aromatic N) is 3. The van der Waals surface area contributed by atoms with Gasteiger partial charge in [-0.05, 0) is 50.8 Å². The summed E-state index contributed by atoms with van der Waals surface area (Å²) in [6.07, 6.45) is 2.56. The molecule has 1 fully saturated rings. The second kappa shape index (κ2) is 9.39. The maximum Gasteiger partial charge on any atom is 0.317 e. The van der Waals surface area contributed by atoms with Gasteiger partial charge in [0.25, 0.3) is 0 Å². The predicted molar refractivity (Wildman–Crippen MR) is 107 cm³/mol. The maximum atomic E-state index is 12.5. The summed E-state index contributed by atoms with van der Waals surface area (Å²) in [5.74, 6) is 2.11. The monoisotopic (exact) mass is 384 g/mol. The van der Waals surface area contributed by atoms with Crippen molar-refractivity contribution in [2.75, 3.05) is 26.7 Å². The van der Waals surface area contributed by atoms with Gasteiger partial charge in [-0.1, -0.05) is 12.1 Å². The Morgan fingerprint density at radius 2 is 2.04 bits per heavy atom. The minimum absolute atomic E-state index is 0.0446. The van der Waals surface area contributed by atoms with Crippen molar-refractivity contribution in [1.29, 1.82) is 0 Å². The molecule has 1 aliphatic heterocycles. The Morgan fingerprint density at radius 1 is 1.25 bits per heavy atom. The molecule has 7 nitrogen and oxygen atoms in total. The maximum absolute atomic E-state index is 12.5. The highest BCUT2D eigenvalue weighted by Gasteiger charge is 2.25. The van der Waals surface area contributed by atoms with Gasteiger partial charge in [0.1, 0.15) is 17.7 Å². The first-order valence-corrected chi connectivity index (χ1v) is 9.68. The lowest BCUT2D eigenvalue weighted by Gasteiger charge is -2.32. The van der Waals surface area contributed by atoms with E-state index in [9.17, 15) is 4.79 Å². The number of amides is 2. The van der Waals surface area contributed by atoms with Crippen LogP contribution in [0.2, 0.25) is 0 Å². The number of aromatic nitrogens is 2. The van der Waals surface area contributed by atoms with E-state index in [1.165, 1.54) is 0 Å². The van der Waals surface area contributed by atoms with Gasteiger partial charge in [0, 0.05) is 24.8 Å². The quantitative estimate of drug-likeness (QED) is 0.829. The Morgan fingerprint density at radius 3 is 2.75 bits per heavy atom. The van der Waals surface area contributed by atoms with Crippen molar-refractivity contribution >= 4 is 6.03 Å². The Kier molecular flexibility index (Phi) is 6.68. The number of hydrogen-bond acceptors (Lipinski definition) is 5. The zero-order valence-electron chi connectivity index (χ0n) is 16.8. The smallest absolute Gasteiger partial charge is 0.317 e. The Bertz CT molecular complexity index is 774. The number of urea groups is 1. The highest BCUT2D eigenvalue weighted by molar-refractivity contribution is 5.74. The Labute approximate surface area is 166 Å². The van der Waals surface area contributed by atoms with Crippen molar-refractivity contribution in [2.45, 2.75) is 39.2 Å². The molecule has 0 aliphatic carbocycles. The lowest BCUT2D eigenvalue weighted by molar-refractivity contribution is 0.0976. The van der Waals surface area contributed by atoms with Crippen molar-refractivity contribution < 1.29 is 14.3 Å². The number of nitrogens with one attached hydrogen (secondary N) is 1. The molecule has 0 saturated carbocycles. The van der Waals surface area contributed by atoms with Crippen molar-refractivity contribution in [1.82, 2.24) is 20.2 Å². The summed E-state index contributed by atoms with van der Waals surface area (Å²) in [5.41, 5.74) is 2.04. The summed E-state index contributed by atoms with van der Waals surface area (Å²) >= 11 is 0. The van der Waals surface area contributed by atoms with Gasteiger partial charge in [-0.2, -0.15) is 4.98 Å². The predicted octanol–water partition coefficient (Wildman–Crippen LogP) is 2.90. The molecule has 2 aromatic rings. The minimum Gasteiger partial charge on any atom is -0.497 e. The number of carbonyl (C=O) groups excluding carboxylic acids is 1. The van der Waals surface area contributed by atoms with E-state index in [0.717, 1.165) is 42.8 Å². The van der Waals surface area contributed by atoms with Crippen LogP contribution < -0.4 is 14.8 Å². The van der Waals surface area contributed by atoms with Crippen LogP contribution in [0.15, 0.2) is 30.3 Å². The summed E-state index contributed by atoms with van der Waals surface area (Å²) in [6, 6.07) is 9.68. The minimum atomic E-state index is -0.0465. The number of piperidine rings is 1. The van der Waals surface area contributed by atoms with Crippen molar-refractivity contribution in [3.05, 3.63) is 47.4 Å². The first-order chi connectivity index (χ1) is 13.5. The lowest BCUT2D eigenvalue weighted by atomic mass is 10.1. The van der Waals surface area contributed by atoms with E-state index in [-0.39, 0.29) is 12.1 Å². The highest BCUT2D eigenvalue weighted by Crippen LogP contribution is 2.18. The van der Waals surface area contributed by atoms with E-state index in [1.807, 2.05) is 49.1 Å². The average Bonchev–Trinajstić information content (AvgIpc) is 2.68. The average molecular weight is 384 g/mol. The molecule has 3 rings (SSSR count). The first-order valence-electron chi connectivity index (χ1n) is 9.68. The third-order valence-electron chi connectivity index (χ3n) is 4.74. The van der Waals surface area contributed by atoms with Gasteiger partial charge in [0.15, 0.2) is 0 Å². The summed E-state index contributed by atoms with van der Waals surface area (Å²) in [5, 5.41) is 3.01. The van der Waals surface area contributed by atoms with Crippen LogP contribution >= 0.6 is 0 Å². The number of hydrogen-bond donors (Lipinski definition) is 1. The van der Waals surface area contributed by atoms with Crippen molar-refractivity contribution in [3.63, 3.8) is 0 Å². The van der Waals surface area contributed by atoms with Crippen LogP contribution in [0.5, 0.6) is 11.6 Å². The molecule has 150 valence electrons. The number of methoxy groups -OCH3 is 1. The third kappa shape index (κ3) is 5.58. The van der Waals surface area contributed by atoms with Crippen molar-refractivity contribution in [2.24, 2.45) is 0 Å². The largest absolute Gasteiger partial charge is 0.497 e.